The Balaban J connectivity index is 1.75. The number of hydrogen-bond acceptors (Lipinski definition) is 5. The van der Waals surface area contributed by atoms with E-state index in [1.54, 1.807) is 24.3 Å². The first kappa shape index (κ1) is 27.3. The summed E-state index contributed by atoms with van der Waals surface area (Å²) in [7, 11) is 0. The summed E-state index contributed by atoms with van der Waals surface area (Å²) in [4.78, 5) is 4.19. The monoisotopic (exact) mass is 509 g/mol. The second-order valence-corrected chi connectivity index (χ2v) is 9.99. The Morgan fingerprint density at radius 3 is 2.57 bits per heavy atom. The number of rotatable bonds is 9. The topological polar surface area (TPSA) is 48.7 Å². The Morgan fingerprint density at radius 2 is 1.91 bits per heavy atom. The highest BCUT2D eigenvalue weighted by Crippen LogP contribution is 2.35. The molecule has 1 aliphatic rings. The van der Waals surface area contributed by atoms with Crippen molar-refractivity contribution in [3.8, 4) is 6.07 Å². The molecule has 3 rings (SSSR count). The van der Waals surface area contributed by atoms with E-state index >= 15 is 0 Å². The average molecular weight is 510 g/mol. The minimum Gasteiger partial charge on any atom is -0.363 e. The summed E-state index contributed by atoms with van der Waals surface area (Å²) in [6.45, 7) is 8.85. The third-order valence-electron chi connectivity index (χ3n) is 5.88. The Hall–Kier alpha value is -2.31. The van der Waals surface area contributed by atoms with Gasteiger partial charge in [0.25, 0.3) is 0 Å². The standard InChI is InChI=1S/C26H31ClF3N3O2/c1-25(2,3)35-18-34-13-12-32-11-10-22(17-32)33(21-9-8-19(15-31)24(27)14-21)16-20-6-4-5-7-23(20)26(28,29)30/h4-9,14,22H,10-13,16-18H2,1-3H3. The zero-order chi connectivity index (χ0) is 25.6. The van der Waals surface area contributed by atoms with Crippen molar-refractivity contribution < 1.29 is 22.6 Å². The van der Waals surface area contributed by atoms with Crippen LogP contribution in [0.1, 0.15) is 43.9 Å². The smallest absolute Gasteiger partial charge is 0.363 e. The quantitative estimate of drug-likeness (QED) is 0.302. The number of alkyl halides is 3. The summed E-state index contributed by atoms with van der Waals surface area (Å²) in [6.07, 6.45) is -3.66. The summed E-state index contributed by atoms with van der Waals surface area (Å²) >= 11 is 6.28. The molecule has 35 heavy (non-hydrogen) atoms. The molecule has 190 valence electrons. The molecule has 0 radical (unpaired) electrons. The van der Waals surface area contributed by atoms with Crippen molar-refractivity contribution in [1.82, 2.24) is 4.90 Å². The van der Waals surface area contributed by atoms with Crippen LogP contribution >= 0.6 is 11.6 Å². The Kier molecular flexibility index (Phi) is 9.05. The predicted molar refractivity (Wildman–Crippen MR) is 130 cm³/mol. The Morgan fingerprint density at radius 1 is 1.17 bits per heavy atom. The van der Waals surface area contributed by atoms with Gasteiger partial charge in [-0.2, -0.15) is 18.4 Å². The second kappa shape index (κ2) is 11.6. The van der Waals surface area contributed by atoms with E-state index in [2.05, 4.69) is 4.90 Å². The average Bonchev–Trinajstić information content (AvgIpc) is 3.24. The lowest BCUT2D eigenvalue weighted by molar-refractivity contribution is -0.138. The van der Waals surface area contributed by atoms with E-state index < -0.39 is 11.7 Å². The maximum atomic E-state index is 13.7. The van der Waals surface area contributed by atoms with Crippen LogP contribution in [0.2, 0.25) is 5.02 Å². The van der Waals surface area contributed by atoms with Gasteiger partial charge in [-0.3, -0.25) is 4.90 Å². The second-order valence-electron chi connectivity index (χ2n) is 9.58. The van der Waals surface area contributed by atoms with E-state index in [0.717, 1.165) is 19.0 Å². The van der Waals surface area contributed by atoms with Gasteiger partial charge in [-0.15, -0.1) is 0 Å². The normalized spacial score (nSPS) is 16.9. The highest BCUT2D eigenvalue weighted by atomic mass is 35.5. The lowest BCUT2D eigenvalue weighted by atomic mass is 10.0. The molecule has 1 fully saturated rings. The van der Waals surface area contributed by atoms with Crippen molar-refractivity contribution >= 4 is 17.3 Å². The van der Waals surface area contributed by atoms with Gasteiger partial charge in [0.2, 0.25) is 0 Å². The third-order valence-corrected chi connectivity index (χ3v) is 6.20. The minimum absolute atomic E-state index is 0.0221. The first-order valence-corrected chi connectivity index (χ1v) is 11.9. The number of nitrogens with zero attached hydrogens (tertiary/aromatic N) is 3. The number of ether oxygens (including phenoxy) is 2. The van der Waals surface area contributed by atoms with Crippen LogP contribution in [0.4, 0.5) is 18.9 Å². The summed E-state index contributed by atoms with van der Waals surface area (Å²) < 4.78 is 52.2. The molecule has 0 saturated carbocycles. The van der Waals surface area contributed by atoms with Crippen LogP contribution in [0.5, 0.6) is 0 Å². The van der Waals surface area contributed by atoms with Crippen LogP contribution in [0.25, 0.3) is 0 Å². The maximum absolute atomic E-state index is 13.7. The number of halogens is 4. The fourth-order valence-corrected chi connectivity index (χ4v) is 4.28. The highest BCUT2D eigenvalue weighted by Gasteiger charge is 2.35. The van der Waals surface area contributed by atoms with Gasteiger partial charge in [-0.25, -0.2) is 0 Å². The predicted octanol–water partition coefficient (Wildman–Crippen LogP) is 6.10. The van der Waals surface area contributed by atoms with E-state index in [1.165, 1.54) is 12.1 Å². The molecule has 1 heterocycles. The van der Waals surface area contributed by atoms with E-state index in [-0.39, 0.29) is 35.6 Å². The molecule has 0 bridgehead atoms. The largest absolute Gasteiger partial charge is 0.416 e. The SMILES string of the molecule is CC(C)(C)OCOCCN1CCC(N(Cc2ccccc2C(F)(F)F)c2ccc(C#N)c(Cl)c2)C1. The van der Waals surface area contributed by atoms with Crippen molar-refractivity contribution in [2.75, 3.05) is 37.9 Å². The Bertz CT molecular complexity index is 1030. The summed E-state index contributed by atoms with van der Waals surface area (Å²) in [5.74, 6) is 0. The van der Waals surface area contributed by atoms with Crippen LogP contribution in [0.15, 0.2) is 42.5 Å². The molecule has 1 unspecified atom stereocenters. The third kappa shape index (κ3) is 7.84. The van der Waals surface area contributed by atoms with Gasteiger partial charge in [0.15, 0.2) is 0 Å². The van der Waals surface area contributed by atoms with Gasteiger partial charge < -0.3 is 14.4 Å². The van der Waals surface area contributed by atoms with Gasteiger partial charge in [0.1, 0.15) is 12.9 Å². The molecule has 0 N–H and O–H groups in total. The molecule has 0 aliphatic carbocycles. The Labute approximate surface area is 210 Å². The minimum atomic E-state index is -4.45. The van der Waals surface area contributed by atoms with Crippen molar-refractivity contribution in [3.05, 3.63) is 64.2 Å². The van der Waals surface area contributed by atoms with Crippen molar-refractivity contribution in [2.24, 2.45) is 0 Å². The molecule has 1 aliphatic heterocycles. The molecule has 9 heteroatoms. The van der Waals surface area contributed by atoms with Gasteiger partial charge in [-0.1, -0.05) is 29.8 Å². The van der Waals surface area contributed by atoms with Gasteiger partial charge in [0, 0.05) is 37.9 Å². The number of hydrogen-bond donors (Lipinski definition) is 0. The fraction of sp³-hybridized carbons (Fsp3) is 0.500. The number of nitriles is 1. The number of benzene rings is 2. The number of likely N-dealkylation sites (tertiary alicyclic amines) is 1. The van der Waals surface area contributed by atoms with Crippen LogP contribution < -0.4 is 4.90 Å². The van der Waals surface area contributed by atoms with Gasteiger partial charge in [-0.05, 0) is 57.0 Å². The van der Waals surface area contributed by atoms with Crippen molar-refractivity contribution in [2.45, 2.75) is 51.6 Å². The molecular formula is C26H31ClF3N3O2. The molecule has 2 aromatic carbocycles. The van der Waals surface area contributed by atoms with Crippen molar-refractivity contribution in [1.29, 1.82) is 5.26 Å². The van der Waals surface area contributed by atoms with E-state index in [1.807, 2.05) is 31.7 Å². The van der Waals surface area contributed by atoms with Gasteiger partial charge >= 0.3 is 6.18 Å². The molecule has 1 atom stereocenters. The lowest BCUT2D eigenvalue weighted by Gasteiger charge is -2.32. The zero-order valence-electron chi connectivity index (χ0n) is 20.2. The van der Waals surface area contributed by atoms with Crippen LogP contribution in [-0.4, -0.2) is 49.6 Å². The first-order chi connectivity index (χ1) is 16.5. The van der Waals surface area contributed by atoms with Crippen LogP contribution in [-0.2, 0) is 22.2 Å². The summed E-state index contributed by atoms with van der Waals surface area (Å²) in [6, 6.07) is 12.7. The first-order valence-electron chi connectivity index (χ1n) is 11.5. The fourth-order valence-electron chi connectivity index (χ4n) is 4.06. The summed E-state index contributed by atoms with van der Waals surface area (Å²) in [5.41, 5.74) is 0.295. The number of anilines is 1. The lowest BCUT2D eigenvalue weighted by Crippen LogP contribution is -2.38. The molecule has 0 aromatic heterocycles. The van der Waals surface area contributed by atoms with Crippen LogP contribution in [0, 0.1) is 11.3 Å². The van der Waals surface area contributed by atoms with E-state index in [9.17, 15) is 18.4 Å². The molecule has 0 spiro atoms. The van der Waals surface area contributed by atoms with Crippen molar-refractivity contribution in [3.63, 3.8) is 0 Å². The highest BCUT2D eigenvalue weighted by molar-refractivity contribution is 6.32. The molecular weight excluding hydrogens is 479 g/mol. The molecule has 0 amide bonds. The zero-order valence-corrected chi connectivity index (χ0v) is 21.0. The van der Waals surface area contributed by atoms with Crippen LogP contribution in [0.3, 0.4) is 0 Å². The molecule has 2 aromatic rings. The van der Waals surface area contributed by atoms with Gasteiger partial charge in [0.05, 0.1) is 28.4 Å². The molecule has 1 saturated heterocycles. The maximum Gasteiger partial charge on any atom is 0.416 e. The van der Waals surface area contributed by atoms with E-state index in [4.69, 9.17) is 21.1 Å². The van der Waals surface area contributed by atoms with E-state index in [0.29, 0.717) is 30.9 Å². The molecule has 5 nitrogen and oxygen atoms in total. The summed E-state index contributed by atoms with van der Waals surface area (Å²) in [5, 5.41) is 9.50.